The van der Waals surface area contributed by atoms with Crippen LogP contribution in [0.1, 0.15) is 43.7 Å². The van der Waals surface area contributed by atoms with Gasteiger partial charge in [0.2, 0.25) is 5.60 Å². The molecule has 7 rings (SSSR count). The SMILES string of the molecule is NC(=O)C1(C23CC(n4cnc(C5CC(OC(F)(F)F)C5)c4)(C2)C3)CNc2ccccc2O1. The molecule has 1 unspecified atom stereocenters. The third kappa shape index (κ3) is 2.65. The molecule has 1 aromatic heterocycles. The number of nitrogens with zero attached hydrogens (tertiary/aromatic N) is 2. The van der Waals surface area contributed by atoms with E-state index in [2.05, 4.69) is 19.6 Å². The lowest BCUT2D eigenvalue weighted by Crippen LogP contribution is -2.81. The number of halogens is 3. The van der Waals surface area contributed by atoms with Crippen LogP contribution in [0.2, 0.25) is 0 Å². The second-order valence-corrected chi connectivity index (χ2v) is 9.74. The van der Waals surface area contributed by atoms with Gasteiger partial charge in [0.15, 0.2) is 0 Å². The van der Waals surface area contributed by atoms with Crippen LogP contribution < -0.4 is 15.8 Å². The first-order valence-electron chi connectivity index (χ1n) is 10.7. The number of rotatable bonds is 5. The summed E-state index contributed by atoms with van der Waals surface area (Å²) in [5.41, 5.74) is 5.92. The van der Waals surface area contributed by atoms with Crippen LogP contribution in [0.5, 0.6) is 5.75 Å². The van der Waals surface area contributed by atoms with Crippen molar-refractivity contribution in [1.82, 2.24) is 9.55 Å². The number of anilines is 1. The zero-order valence-electron chi connectivity index (χ0n) is 17.2. The first-order chi connectivity index (χ1) is 15.1. The van der Waals surface area contributed by atoms with Crippen molar-refractivity contribution in [2.75, 3.05) is 11.9 Å². The third-order valence-corrected chi connectivity index (χ3v) is 7.92. The van der Waals surface area contributed by atoms with E-state index in [4.69, 9.17) is 10.5 Å². The van der Waals surface area contributed by atoms with Gasteiger partial charge < -0.3 is 20.4 Å². The molecule has 4 fully saturated rings. The number of carbonyl (C=O) groups excluding carboxylic acids is 1. The van der Waals surface area contributed by atoms with Crippen LogP contribution >= 0.6 is 0 Å². The Labute approximate surface area is 182 Å². The van der Waals surface area contributed by atoms with E-state index in [9.17, 15) is 18.0 Å². The molecule has 4 saturated carbocycles. The van der Waals surface area contributed by atoms with Crippen LogP contribution in [0.4, 0.5) is 18.9 Å². The second kappa shape index (κ2) is 6.18. The third-order valence-electron chi connectivity index (χ3n) is 7.92. The van der Waals surface area contributed by atoms with Crippen molar-refractivity contribution in [3.8, 4) is 5.75 Å². The van der Waals surface area contributed by atoms with E-state index in [1.54, 1.807) is 6.33 Å². The number of primary amides is 1. The number of nitrogens with one attached hydrogen (secondary N) is 1. The lowest BCUT2D eigenvalue weighted by atomic mass is 9.34. The lowest BCUT2D eigenvalue weighted by molar-refractivity contribution is -0.351. The molecule has 5 aliphatic rings. The maximum atomic E-state index is 12.6. The molecule has 2 bridgehead atoms. The summed E-state index contributed by atoms with van der Waals surface area (Å²) in [5.74, 6) is 0.135. The van der Waals surface area contributed by atoms with Gasteiger partial charge in [-0.05, 0) is 44.2 Å². The van der Waals surface area contributed by atoms with Gasteiger partial charge in [-0.2, -0.15) is 0 Å². The highest BCUT2D eigenvalue weighted by Gasteiger charge is 2.79. The van der Waals surface area contributed by atoms with Gasteiger partial charge in [0.05, 0.1) is 30.4 Å². The van der Waals surface area contributed by atoms with Gasteiger partial charge in [-0.25, -0.2) is 4.98 Å². The van der Waals surface area contributed by atoms with Gasteiger partial charge in [-0.1, -0.05) is 12.1 Å². The molecule has 32 heavy (non-hydrogen) atoms. The van der Waals surface area contributed by atoms with Crippen molar-refractivity contribution in [3.63, 3.8) is 0 Å². The van der Waals surface area contributed by atoms with E-state index >= 15 is 0 Å². The van der Waals surface area contributed by atoms with Gasteiger partial charge in [-0.3, -0.25) is 9.53 Å². The number of nitrogens with two attached hydrogens (primary N) is 1. The number of imidazole rings is 1. The number of carbonyl (C=O) groups is 1. The number of hydrogen-bond acceptors (Lipinski definition) is 5. The fourth-order valence-corrected chi connectivity index (χ4v) is 6.18. The molecule has 0 radical (unpaired) electrons. The van der Waals surface area contributed by atoms with Crippen LogP contribution in [0.25, 0.3) is 0 Å². The van der Waals surface area contributed by atoms with Gasteiger partial charge >= 0.3 is 6.36 Å². The molecular formula is C22H23F3N4O3. The normalized spacial score (nSPS) is 37.1. The average molecular weight is 448 g/mol. The number of ether oxygens (including phenoxy) is 2. The van der Waals surface area contributed by atoms with Crippen molar-refractivity contribution in [3.05, 3.63) is 42.5 Å². The summed E-state index contributed by atoms with van der Waals surface area (Å²) >= 11 is 0. The van der Waals surface area contributed by atoms with Crippen LogP contribution in [0.15, 0.2) is 36.8 Å². The van der Waals surface area contributed by atoms with E-state index in [0.29, 0.717) is 25.1 Å². The van der Waals surface area contributed by atoms with Crippen molar-refractivity contribution >= 4 is 11.6 Å². The summed E-state index contributed by atoms with van der Waals surface area (Å²) in [4.78, 5) is 17.1. The van der Waals surface area contributed by atoms with Gasteiger partial charge in [-0.15, -0.1) is 13.2 Å². The molecule has 3 N–H and O–H groups in total. The van der Waals surface area contributed by atoms with E-state index in [-0.39, 0.29) is 16.9 Å². The fourth-order valence-electron chi connectivity index (χ4n) is 6.18. The quantitative estimate of drug-likeness (QED) is 0.733. The Morgan fingerprint density at radius 1 is 1.25 bits per heavy atom. The molecule has 10 heteroatoms. The molecule has 1 amide bonds. The minimum absolute atomic E-state index is 0.0238. The van der Waals surface area contributed by atoms with E-state index in [0.717, 1.165) is 30.6 Å². The summed E-state index contributed by atoms with van der Waals surface area (Å²) in [6.45, 7) is 0.327. The van der Waals surface area contributed by atoms with Gasteiger partial charge in [0.25, 0.3) is 5.91 Å². The highest BCUT2D eigenvalue weighted by molar-refractivity contribution is 5.88. The zero-order chi connectivity index (χ0) is 22.4. The zero-order valence-corrected chi connectivity index (χ0v) is 17.2. The Hall–Kier alpha value is -2.75. The first-order valence-corrected chi connectivity index (χ1v) is 10.7. The highest BCUT2D eigenvalue weighted by Crippen LogP contribution is 2.76. The molecule has 1 atom stereocenters. The minimum Gasteiger partial charge on any atom is -0.473 e. The average Bonchev–Trinajstić information content (AvgIpc) is 3.10. The van der Waals surface area contributed by atoms with Crippen molar-refractivity contribution < 1.29 is 27.4 Å². The van der Waals surface area contributed by atoms with Crippen molar-refractivity contribution in [1.29, 1.82) is 0 Å². The van der Waals surface area contributed by atoms with Crippen LogP contribution in [0, 0.1) is 5.41 Å². The lowest BCUT2D eigenvalue weighted by Gasteiger charge is -2.75. The van der Waals surface area contributed by atoms with Crippen molar-refractivity contribution in [2.45, 2.75) is 61.6 Å². The summed E-state index contributed by atoms with van der Waals surface area (Å²) in [5, 5.41) is 3.30. The molecule has 1 aromatic carbocycles. The standard InChI is InChI=1S/C22H23F3N4O3/c23-22(24,25)31-14-5-13(6-14)16-7-29(12-28-16)20-8-19(9-20,10-20)21(18(26)30)11-27-15-3-1-2-4-17(15)32-21/h1-4,7,12-14,27H,5-6,8-11H2,(H2,26,30). The predicted octanol–water partition coefficient (Wildman–Crippen LogP) is 3.27. The molecule has 1 aliphatic heterocycles. The monoisotopic (exact) mass is 448 g/mol. The molecule has 170 valence electrons. The minimum atomic E-state index is -4.60. The maximum Gasteiger partial charge on any atom is 0.522 e. The van der Waals surface area contributed by atoms with E-state index in [1.165, 1.54) is 0 Å². The summed E-state index contributed by atoms with van der Waals surface area (Å²) in [6, 6.07) is 7.50. The molecule has 4 aliphatic carbocycles. The Morgan fingerprint density at radius 2 is 1.97 bits per heavy atom. The Kier molecular flexibility index (Phi) is 3.84. The summed E-state index contributed by atoms with van der Waals surface area (Å²) in [7, 11) is 0. The fraction of sp³-hybridized carbons (Fsp3) is 0.545. The molecule has 7 nitrogen and oxygen atoms in total. The van der Waals surface area contributed by atoms with Gasteiger partial charge in [0.1, 0.15) is 5.75 Å². The van der Waals surface area contributed by atoms with E-state index < -0.39 is 24.0 Å². The molecule has 0 saturated heterocycles. The summed E-state index contributed by atoms with van der Waals surface area (Å²) in [6.07, 6.45) is 1.16. The first kappa shape index (κ1) is 19.9. The Bertz CT molecular complexity index is 1070. The number of alkyl halides is 3. The Balaban J connectivity index is 1.15. The van der Waals surface area contributed by atoms with Crippen LogP contribution in [-0.4, -0.2) is 40.1 Å². The summed E-state index contributed by atoms with van der Waals surface area (Å²) < 4.78 is 49.4. The van der Waals surface area contributed by atoms with E-state index in [1.807, 2.05) is 30.5 Å². The topological polar surface area (TPSA) is 91.4 Å². The number of para-hydroxylation sites is 2. The number of fused-ring (bicyclic) bond motifs is 1. The highest BCUT2D eigenvalue weighted by atomic mass is 19.4. The number of aromatic nitrogens is 2. The van der Waals surface area contributed by atoms with Crippen LogP contribution in [0.3, 0.4) is 0 Å². The van der Waals surface area contributed by atoms with Crippen molar-refractivity contribution in [2.24, 2.45) is 11.1 Å². The molecule has 0 spiro atoms. The molecular weight excluding hydrogens is 425 g/mol. The van der Waals surface area contributed by atoms with Crippen LogP contribution in [-0.2, 0) is 15.1 Å². The largest absolute Gasteiger partial charge is 0.522 e. The number of hydrogen-bond donors (Lipinski definition) is 2. The second-order valence-electron chi connectivity index (χ2n) is 9.74. The van der Waals surface area contributed by atoms with Gasteiger partial charge in [0, 0.05) is 23.1 Å². The maximum absolute atomic E-state index is 12.6. The number of benzene rings is 1. The smallest absolute Gasteiger partial charge is 0.473 e. The Morgan fingerprint density at radius 3 is 2.66 bits per heavy atom. The molecule has 2 aromatic rings. The number of amides is 1. The molecule has 2 heterocycles. The predicted molar refractivity (Wildman–Crippen MR) is 107 cm³/mol.